The minimum Gasteiger partial charge on any atom is -0.481 e. The number of hydrogen-bond donors (Lipinski definition) is 0. The Labute approximate surface area is 155 Å². The summed E-state index contributed by atoms with van der Waals surface area (Å²) in [7, 11) is 1.54. The molecule has 0 fully saturated rings. The molecule has 0 saturated carbocycles. The highest BCUT2D eigenvalue weighted by Gasteiger charge is 2.33. The van der Waals surface area contributed by atoms with E-state index in [1.807, 2.05) is 0 Å². The molecule has 0 bridgehead atoms. The van der Waals surface area contributed by atoms with Crippen molar-refractivity contribution in [1.29, 1.82) is 0 Å². The zero-order valence-corrected chi connectivity index (χ0v) is 14.9. The number of benzene rings is 1. The monoisotopic (exact) mass is 374 g/mol. The van der Waals surface area contributed by atoms with E-state index in [4.69, 9.17) is 14.2 Å². The summed E-state index contributed by atoms with van der Waals surface area (Å²) in [4.78, 5) is 29.9. The molecule has 3 aliphatic rings. The molecule has 142 valence electrons. The Kier molecular flexibility index (Phi) is 4.65. The van der Waals surface area contributed by atoms with E-state index in [0.717, 1.165) is 18.4 Å². The fraction of sp³-hybridized carbons (Fsp3) is 0.421. The van der Waals surface area contributed by atoms with Gasteiger partial charge in [-0.05, 0) is 31.7 Å². The standard InChI is InChI=1S/C19H19FN2O5/c1-25-7-6-22-15-9-14(13(20)8-16(15)26-10-17(22)23)21-18-11-4-2-3-5-12(11)19(24)27-18/h8-9H,2-7,10H2,1H3. The van der Waals surface area contributed by atoms with Gasteiger partial charge in [0.15, 0.2) is 12.4 Å². The van der Waals surface area contributed by atoms with Crippen molar-refractivity contribution in [3.63, 3.8) is 0 Å². The molecule has 0 aromatic heterocycles. The topological polar surface area (TPSA) is 77.4 Å². The molecule has 27 heavy (non-hydrogen) atoms. The largest absolute Gasteiger partial charge is 0.481 e. The van der Waals surface area contributed by atoms with Gasteiger partial charge in [0.05, 0.1) is 12.3 Å². The Morgan fingerprint density at radius 2 is 2.00 bits per heavy atom. The van der Waals surface area contributed by atoms with E-state index in [0.29, 0.717) is 37.3 Å². The zero-order chi connectivity index (χ0) is 19.0. The van der Waals surface area contributed by atoms with Crippen molar-refractivity contribution in [3.05, 3.63) is 29.1 Å². The van der Waals surface area contributed by atoms with Crippen molar-refractivity contribution in [2.45, 2.75) is 25.7 Å². The zero-order valence-electron chi connectivity index (χ0n) is 14.9. The van der Waals surface area contributed by atoms with Gasteiger partial charge in [-0.25, -0.2) is 14.2 Å². The Balaban J connectivity index is 1.72. The summed E-state index contributed by atoms with van der Waals surface area (Å²) in [5.41, 5.74) is 1.81. The lowest BCUT2D eigenvalue weighted by Gasteiger charge is -2.29. The van der Waals surface area contributed by atoms with Gasteiger partial charge in [0, 0.05) is 30.9 Å². The minimum atomic E-state index is -0.608. The molecule has 1 aliphatic carbocycles. The highest BCUT2D eigenvalue weighted by molar-refractivity contribution is 6.15. The van der Waals surface area contributed by atoms with E-state index in [2.05, 4.69) is 4.99 Å². The fourth-order valence-electron chi connectivity index (χ4n) is 3.50. The molecule has 2 heterocycles. The van der Waals surface area contributed by atoms with Crippen molar-refractivity contribution in [1.82, 2.24) is 0 Å². The molecule has 0 unspecified atom stereocenters. The molecule has 0 radical (unpaired) electrons. The van der Waals surface area contributed by atoms with E-state index < -0.39 is 11.8 Å². The Hall–Kier alpha value is -2.74. The van der Waals surface area contributed by atoms with Crippen LogP contribution in [0, 0.1) is 5.82 Å². The second-order valence-electron chi connectivity index (χ2n) is 6.57. The number of esters is 1. The van der Waals surface area contributed by atoms with Gasteiger partial charge in [-0.15, -0.1) is 0 Å². The molecule has 7 nitrogen and oxygen atoms in total. The number of anilines is 1. The first-order chi connectivity index (χ1) is 13.1. The third kappa shape index (κ3) is 3.21. The first-order valence-electron chi connectivity index (χ1n) is 8.87. The molecular formula is C19H19FN2O5. The van der Waals surface area contributed by atoms with Crippen molar-refractivity contribution < 1.29 is 28.2 Å². The predicted molar refractivity (Wildman–Crippen MR) is 94.8 cm³/mol. The second-order valence-corrected chi connectivity index (χ2v) is 6.57. The number of ether oxygens (including phenoxy) is 3. The molecule has 1 aromatic rings. The van der Waals surface area contributed by atoms with Crippen molar-refractivity contribution in [2.75, 3.05) is 31.8 Å². The van der Waals surface area contributed by atoms with Crippen LogP contribution in [0.25, 0.3) is 0 Å². The first kappa shape index (κ1) is 17.7. The average molecular weight is 374 g/mol. The maximum Gasteiger partial charge on any atom is 0.341 e. The van der Waals surface area contributed by atoms with Gasteiger partial charge in [-0.3, -0.25) is 4.79 Å². The number of methoxy groups -OCH3 is 1. The Morgan fingerprint density at radius 1 is 1.22 bits per heavy atom. The summed E-state index contributed by atoms with van der Waals surface area (Å²) in [5.74, 6) is -0.826. The third-order valence-electron chi connectivity index (χ3n) is 4.87. The van der Waals surface area contributed by atoms with Gasteiger partial charge < -0.3 is 19.1 Å². The molecule has 8 heteroatoms. The highest BCUT2D eigenvalue weighted by Crippen LogP contribution is 2.39. The summed E-state index contributed by atoms with van der Waals surface area (Å²) in [6.45, 7) is 0.496. The van der Waals surface area contributed by atoms with Crippen LogP contribution in [-0.2, 0) is 19.1 Å². The molecular weight excluding hydrogens is 355 g/mol. The summed E-state index contributed by atoms with van der Waals surface area (Å²) in [5, 5.41) is 0. The maximum atomic E-state index is 14.6. The van der Waals surface area contributed by atoms with Crippen molar-refractivity contribution in [2.24, 2.45) is 4.99 Å². The highest BCUT2D eigenvalue weighted by atomic mass is 19.1. The number of cyclic esters (lactones) is 1. The molecule has 4 rings (SSSR count). The minimum absolute atomic E-state index is 0.00316. The molecule has 2 aliphatic heterocycles. The van der Waals surface area contributed by atoms with Crippen molar-refractivity contribution >= 4 is 29.1 Å². The summed E-state index contributed by atoms with van der Waals surface area (Å²) in [6, 6.07) is 2.65. The number of halogens is 1. The Bertz CT molecular complexity index is 877. The first-order valence-corrected chi connectivity index (χ1v) is 8.87. The second kappa shape index (κ2) is 7.11. The van der Waals surface area contributed by atoms with Gasteiger partial charge >= 0.3 is 5.97 Å². The Morgan fingerprint density at radius 3 is 2.78 bits per heavy atom. The van der Waals surface area contributed by atoms with Crippen LogP contribution in [0.15, 0.2) is 28.3 Å². The fourth-order valence-corrected chi connectivity index (χ4v) is 3.50. The lowest BCUT2D eigenvalue weighted by Crippen LogP contribution is -2.40. The summed E-state index contributed by atoms with van der Waals surface area (Å²) in [6.07, 6.45) is 3.22. The van der Waals surface area contributed by atoms with Gasteiger partial charge in [0.2, 0.25) is 5.90 Å². The number of nitrogens with zero attached hydrogens (tertiary/aromatic N) is 2. The van der Waals surface area contributed by atoms with Crippen LogP contribution in [0.2, 0.25) is 0 Å². The summed E-state index contributed by atoms with van der Waals surface area (Å²) < 4.78 is 30.2. The van der Waals surface area contributed by atoms with Crippen LogP contribution in [0.4, 0.5) is 15.8 Å². The van der Waals surface area contributed by atoms with Crippen LogP contribution in [0.3, 0.4) is 0 Å². The number of aliphatic imine (C=N–C) groups is 1. The SMILES string of the molecule is COCCN1C(=O)COc2cc(F)c(N=C3OC(=O)C4=C3CCCC4)cc21. The normalized spacial score (nSPS) is 20.5. The number of fused-ring (bicyclic) bond motifs is 1. The average Bonchev–Trinajstić information content (AvgIpc) is 2.98. The van der Waals surface area contributed by atoms with Crippen LogP contribution in [0.1, 0.15) is 25.7 Å². The number of amides is 1. The molecule has 0 saturated heterocycles. The number of hydrogen-bond acceptors (Lipinski definition) is 6. The quantitative estimate of drug-likeness (QED) is 0.757. The third-order valence-corrected chi connectivity index (χ3v) is 4.87. The van der Waals surface area contributed by atoms with Crippen LogP contribution >= 0.6 is 0 Å². The number of rotatable bonds is 4. The van der Waals surface area contributed by atoms with Crippen LogP contribution in [-0.4, -0.2) is 44.6 Å². The van der Waals surface area contributed by atoms with Crippen molar-refractivity contribution in [3.8, 4) is 5.75 Å². The molecule has 1 amide bonds. The van der Waals surface area contributed by atoms with Gasteiger partial charge in [0.1, 0.15) is 11.4 Å². The van der Waals surface area contributed by atoms with E-state index >= 15 is 0 Å². The number of carbonyl (C=O) groups excluding carboxylic acids is 2. The predicted octanol–water partition coefficient (Wildman–Crippen LogP) is 2.65. The molecule has 0 atom stereocenters. The summed E-state index contributed by atoms with van der Waals surface area (Å²) >= 11 is 0. The molecule has 1 aromatic carbocycles. The van der Waals surface area contributed by atoms with Gasteiger partial charge in [-0.1, -0.05) is 0 Å². The molecule has 0 spiro atoms. The lowest BCUT2D eigenvalue weighted by atomic mass is 9.93. The number of carbonyl (C=O) groups is 2. The smallest absolute Gasteiger partial charge is 0.341 e. The van der Waals surface area contributed by atoms with E-state index in [1.165, 1.54) is 24.1 Å². The lowest BCUT2D eigenvalue weighted by molar-refractivity contribution is -0.130. The van der Waals surface area contributed by atoms with Crippen LogP contribution in [0.5, 0.6) is 5.75 Å². The van der Waals surface area contributed by atoms with E-state index in [1.54, 1.807) is 0 Å². The van der Waals surface area contributed by atoms with Crippen LogP contribution < -0.4 is 9.64 Å². The van der Waals surface area contributed by atoms with Gasteiger partial charge in [-0.2, -0.15) is 0 Å². The van der Waals surface area contributed by atoms with Gasteiger partial charge in [0.25, 0.3) is 5.91 Å². The van der Waals surface area contributed by atoms with E-state index in [-0.39, 0.29) is 29.8 Å². The van der Waals surface area contributed by atoms with E-state index in [9.17, 15) is 14.0 Å². The maximum absolute atomic E-state index is 14.6. The molecule has 0 N–H and O–H groups in total.